The van der Waals surface area contributed by atoms with E-state index in [4.69, 9.17) is 14.5 Å². The predicted molar refractivity (Wildman–Crippen MR) is 158 cm³/mol. The molecule has 0 radical (unpaired) electrons. The van der Waals surface area contributed by atoms with Crippen molar-refractivity contribution in [2.75, 3.05) is 32.8 Å². The second-order valence-corrected chi connectivity index (χ2v) is 19.7. The first-order valence-corrected chi connectivity index (χ1v) is 18.7. The number of ether oxygens (including phenoxy) is 2. The van der Waals surface area contributed by atoms with Crippen LogP contribution in [0, 0.1) is 5.92 Å². The van der Waals surface area contributed by atoms with Gasteiger partial charge in [-0.1, -0.05) is 19.6 Å². The fourth-order valence-corrected chi connectivity index (χ4v) is 6.92. The molecule has 1 saturated heterocycles. The average Bonchev–Trinajstić information content (AvgIpc) is 3.17. The summed E-state index contributed by atoms with van der Waals surface area (Å²) in [6, 6.07) is 1.77. The first-order valence-electron chi connectivity index (χ1n) is 14.2. The SMILES string of the molecule is CC(C)(C)OC(=O)N1CCN(C2CCC(Cc3ncnc4c3c(Br)cn4COCC[Si](C)(C)C)CC2)CC1. The zero-order valence-electron chi connectivity index (χ0n) is 24.1. The Bertz CT molecular complexity index is 1080. The van der Waals surface area contributed by atoms with Gasteiger partial charge in [0.15, 0.2) is 0 Å². The van der Waals surface area contributed by atoms with Gasteiger partial charge in [0.25, 0.3) is 0 Å². The number of carbonyl (C=O) groups excluding carboxylic acids is 1. The number of piperazine rings is 1. The molecule has 1 aliphatic carbocycles. The van der Waals surface area contributed by atoms with E-state index in [1.807, 2.05) is 25.7 Å². The lowest BCUT2D eigenvalue weighted by molar-refractivity contribution is 0.00719. The van der Waals surface area contributed by atoms with Crippen molar-refractivity contribution in [1.29, 1.82) is 0 Å². The van der Waals surface area contributed by atoms with Crippen LogP contribution < -0.4 is 0 Å². The van der Waals surface area contributed by atoms with Crippen LogP contribution >= 0.6 is 15.9 Å². The summed E-state index contributed by atoms with van der Waals surface area (Å²) in [5, 5.41) is 1.13. The van der Waals surface area contributed by atoms with E-state index >= 15 is 0 Å². The van der Waals surface area contributed by atoms with Crippen LogP contribution in [0.5, 0.6) is 0 Å². The Morgan fingerprint density at radius 2 is 1.76 bits per heavy atom. The highest BCUT2D eigenvalue weighted by molar-refractivity contribution is 9.10. The van der Waals surface area contributed by atoms with Crippen LogP contribution in [0.2, 0.25) is 25.7 Å². The molecular weight excluding hydrogens is 562 g/mol. The second kappa shape index (κ2) is 12.4. The number of fused-ring (bicyclic) bond motifs is 1. The van der Waals surface area contributed by atoms with E-state index in [9.17, 15) is 4.79 Å². The van der Waals surface area contributed by atoms with Crippen LogP contribution in [-0.4, -0.2) is 82.9 Å². The Kier molecular flexibility index (Phi) is 9.58. The second-order valence-electron chi connectivity index (χ2n) is 13.2. The molecule has 38 heavy (non-hydrogen) atoms. The van der Waals surface area contributed by atoms with Crippen molar-refractivity contribution in [3.8, 4) is 0 Å². The van der Waals surface area contributed by atoms with E-state index in [1.165, 1.54) is 25.7 Å². The highest BCUT2D eigenvalue weighted by Crippen LogP contribution is 2.34. The zero-order chi connectivity index (χ0) is 27.5. The number of hydrogen-bond donors (Lipinski definition) is 0. The highest BCUT2D eigenvalue weighted by atomic mass is 79.9. The van der Waals surface area contributed by atoms with Crippen LogP contribution in [0.25, 0.3) is 11.0 Å². The molecule has 0 unspecified atom stereocenters. The van der Waals surface area contributed by atoms with Crippen LogP contribution in [0.1, 0.15) is 52.1 Å². The molecule has 1 amide bonds. The van der Waals surface area contributed by atoms with E-state index < -0.39 is 13.7 Å². The summed E-state index contributed by atoms with van der Waals surface area (Å²) in [5.41, 5.74) is 1.64. The summed E-state index contributed by atoms with van der Waals surface area (Å²) in [4.78, 5) is 26.2. The van der Waals surface area contributed by atoms with Gasteiger partial charge in [-0.15, -0.1) is 0 Å². The monoisotopic (exact) mass is 607 g/mol. The molecule has 0 spiro atoms. The van der Waals surface area contributed by atoms with Gasteiger partial charge < -0.3 is 18.9 Å². The summed E-state index contributed by atoms with van der Waals surface area (Å²) < 4.78 is 14.7. The molecule has 212 valence electrons. The standard InChI is InChI=1S/C28H46BrN5O3Si/c1-28(2,3)37-27(35)33-13-11-32(12-14-33)22-9-7-21(8-10-22)17-24-25-23(29)18-34(26(25)31-19-30-24)20-36-15-16-38(4,5)6/h18-19,21-22H,7-17,20H2,1-6H3. The lowest BCUT2D eigenvalue weighted by Gasteiger charge is -2.42. The third kappa shape index (κ3) is 8.02. The van der Waals surface area contributed by atoms with Crippen LogP contribution in [0.15, 0.2) is 17.0 Å². The van der Waals surface area contributed by atoms with Crippen molar-refractivity contribution in [1.82, 2.24) is 24.3 Å². The molecule has 0 N–H and O–H groups in total. The van der Waals surface area contributed by atoms with Gasteiger partial charge in [-0.25, -0.2) is 14.8 Å². The average molecular weight is 609 g/mol. The molecule has 8 nitrogen and oxygen atoms in total. The van der Waals surface area contributed by atoms with Gasteiger partial charge in [-0.05, 0) is 80.8 Å². The molecule has 3 heterocycles. The molecule has 2 aromatic rings. The van der Waals surface area contributed by atoms with Gasteiger partial charge in [-0.2, -0.15) is 0 Å². The van der Waals surface area contributed by atoms with Gasteiger partial charge in [0.2, 0.25) is 0 Å². The Morgan fingerprint density at radius 3 is 2.39 bits per heavy atom. The molecule has 1 aliphatic heterocycles. The number of nitrogens with zero attached hydrogens (tertiary/aromatic N) is 5. The molecule has 2 fully saturated rings. The van der Waals surface area contributed by atoms with Crippen LogP contribution in [-0.2, 0) is 22.6 Å². The molecular formula is C28H46BrN5O3Si. The molecule has 10 heteroatoms. The third-order valence-electron chi connectivity index (χ3n) is 7.69. The largest absolute Gasteiger partial charge is 0.444 e. The molecule has 2 aliphatic rings. The van der Waals surface area contributed by atoms with Crippen LogP contribution in [0.4, 0.5) is 4.79 Å². The number of carbonyl (C=O) groups is 1. The van der Waals surface area contributed by atoms with Gasteiger partial charge in [0.1, 0.15) is 24.3 Å². The number of rotatable bonds is 8. The molecule has 4 rings (SSSR count). The minimum Gasteiger partial charge on any atom is -0.444 e. The minimum absolute atomic E-state index is 0.185. The third-order valence-corrected chi connectivity index (χ3v) is 10.00. The minimum atomic E-state index is -1.10. The summed E-state index contributed by atoms with van der Waals surface area (Å²) in [6.45, 7) is 17.6. The first-order chi connectivity index (χ1) is 17.9. The number of amides is 1. The van der Waals surface area contributed by atoms with Crippen molar-refractivity contribution in [2.45, 2.75) is 96.9 Å². The summed E-state index contributed by atoms with van der Waals surface area (Å²) in [6.07, 6.45) is 9.43. The predicted octanol–water partition coefficient (Wildman–Crippen LogP) is 6.16. The Labute approximate surface area is 237 Å². The Hall–Kier alpha value is -1.49. The van der Waals surface area contributed by atoms with E-state index in [-0.39, 0.29) is 6.09 Å². The fraction of sp³-hybridized carbons (Fsp3) is 0.750. The first kappa shape index (κ1) is 29.5. The molecule has 0 aromatic carbocycles. The Balaban J connectivity index is 1.28. The smallest absolute Gasteiger partial charge is 0.410 e. The van der Waals surface area contributed by atoms with Crippen molar-refractivity contribution < 1.29 is 14.3 Å². The van der Waals surface area contributed by atoms with Crippen molar-refractivity contribution >= 4 is 41.1 Å². The maximum Gasteiger partial charge on any atom is 0.410 e. The summed E-state index contributed by atoms with van der Waals surface area (Å²) in [7, 11) is -1.10. The molecule has 1 saturated carbocycles. The van der Waals surface area contributed by atoms with E-state index in [0.717, 1.165) is 66.5 Å². The van der Waals surface area contributed by atoms with Gasteiger partial charge in [-0.3, -0.25) is 4.90 Å². The maximum atomic E-state index is 12.4. The molecule has 2 aromatic heterocycles. The maximum absolute atomic E-state index is 12.4. The lowest BCUT2D eigenvalue weighted by atomic mass is 9.82. The van der Waals surface area contributed by atoms with Gasteiger partial charge in [0.05, 0.1) is 11.1 Å². The zero-order valence-corrected chi connectivity index (χ0v) is 26.7. The van der Waals surface area contributed by atoms with Gasteiger partial charge in [0, 0.05) is 57.6 Å². The highest BCUT2D eigenvalue weighted by Gasteiger charge is 2.31. The quantitative estimate of drug-likeness (QED) is 0.264. The van der Waals surface area contributed by atoms with Crippen molar-refractivity contribution in [3.63, 3.8) is 0 Å². The van der Waals surface area contributed by atoms with E-state index in [1.54, 1.807) is 6.33 Å². The fourth-order valence-electron chi connectivity index (χ4n) is 5.51. The summed E-state index contributed by atoms with van der Waals surface area (Å²) >= 11 is 3.77. The lowest BCUT2D eigenvalue weighted by Crippen LogP contribution is -2.53. The number of hydrogen-bond acceptors (Lipinski definition) is 6. The van der Waals surface area contributed by atoms with E-state index in [2.05, 4.69) is 56.2 Å². The topological polar surface area (TPSA) is 72.7 Å². The Morgan fingerprint density at radius 1 is 1.08 bits per heavy atom. The van der Waals surface area contributed by atoms with Crippen molar-refractivity contribution in [3.05, 3.63) is 22.7 Å². The number of aromatic nitrogens is 3. The van der Waals surface area contributed by atoms with Crippen LogP contribution in [0.3, 0.4) is 0 Å². The number of halogens is 1. The van der Waals surface area contributed by atoms with Gasteiger partial charge >= 0.3 is 6.09 Å². The van der Waals surface area contributed by atoms with Crippen molar-refractivity contribution in [2.24, 2.45) is 5.92 Å². The van der Waals surface area contributed by atoms with E-state index in [0.29, 0.717) is 18.7 Å². The molecule has 0 atom stereocenters. The normalized spacial score (nSPS) is 21.7. The summed E-state index contributed by atoms with van der Waals surface area (Å²) in [5.74, 6) is 0.635. The molecule has 0 bridgehead atoms.